The van der Waals surface area contributed by atoms with E-state index in [2.05, 4.69) is 15.3 Å². The summed E-state index contributed by atoms with van der Waals surface area (Å²) in [4.78, 5) is 23.4. The monoisotopic (exact) mass is 379 g/mol. The number of nitrogens with zero attached hydrogens (tertiary/aromatic N) is 4. The van der Waals surface area contributed by atoms with Crippen LogP contribution in [0.25, 0.3) is 0 Å². The Balaban J connectivity index is 2.79. The van der Waals surface area contributed by atoms with E-state index in [4.69, 9.17) is 0 Å². The number of hydrogen-bond donors (Lipinski definition) is 1. The van der Waals surface area contributed by atoms with Gasteiger partial charge in [-0.2, -0.15) is 13.2 Å². The van der Waals surface area contributed by atoms with Gasteiger partial charge in [0.1, 0.15) is 5.01 Å². The number of carbonyl (C=O) groups is 1. The van der Waals surface area contributed by atoms with Gasteiger partial charge in [-0.25, -0.2) is 9.98 Å². The van der Waals surface area contributed by atoms with Gasteiger partial charge < -0.3 is 15.1 Å². The van der Waals surface area contributed by atoms with E-state index in [9.17, 15) is 18.0 Å². The van der Waals surface area contributed by atoms with E-state index in [1.807, 2.05) is 20.8 Å². The quantitative estimate of drug-likeness (QED) is 0.584. The number of aromatic nitrogens is 1. The van der Waals surface area contributed by atoms with Crippen molar-refractivity contribution in [2.24, 2.45) is 4.99 Å². The molecule has 1 heterocycles. The van der Waals surface area contributed by atoms with Gasteiger partial charge in [0.25, 0.3) is 0 Å². The Kier molecular flexibility index (Phi) is 8.14. The molecule has 142 valence electrons. The van der Waals surface area contributed by atoms with Gasteiger partial charge in [-0.3, -0.25) is 4.79 Å². The van der Waals surface area contributed by atoms with E-state index in [1.165, 1.54) is 0 Å². The van der Waals surface area contributed by atoms with Crippen molar-refractivity contribution in [3.8, 4) is 0 Å². The van der Waals surface area contributed by atoms with Crippen molar-refractivity contribution >= 4 is 23.2 Å². The van der Waals surface area contributed by atoms with Crippen LogP contribution in [0.2, 0.25) is 0 Å². The second-order valence-electron chi connectivity index (χ2n) is 5.22. The first-order valence-corrected chi connectivity index (χ1v) is 8.89. The lowest BCUT2D eigenvalue weighted by atomic mass is 10.4. The first-order chi connectivity index (χ1) is 11.7. The highest BCUT2D eigenvalue weighted by atomic mass is 32.1. The topological polar surface area (TPSA) is 60.8 Å². The highest BCUT2D eigenvalue weighted by Crippen LogP contribution is 2.30. The predicted molar refractivity (Wildman–Crippen MR) is 92.5 cm³/mol. The van der Waals surface area contributed by atoms with E-state index in [1.54, 1.807) is 16.8 Å². The summed E-state index contributed by atoms with van der Waals surface area (Å²) in [5.74, 6) is 0.415. The van der Waals surface area contributed by atoms with Gasteiger partial charge in [-0.15, -0.1) is 11.3 Å². The Hall–Kier alpha value is -1.84. The van der Waals surface area contributed by atoms with Crippen molar-refractivity contribution in [3.05, 3.63) is 16.1 Å². The van der Waals surface area contributed by atoms with E-state index >= 15 is 0 Å². The molecule has 25 heavy (non-hydrogen) atoms. The molecule has 1 rings (SSSR count). The molecule has 6 nitrogen and oxygen atoms in total. The first kappa shape index (κ1) is 21.2. The fraction of sp³-hybridized carbons (Fsp3) is 0.667. The Morgan fingerprint density at radius 1 is 1.32 bits per heavy atom. The Morgan fingerprint density at radius 2 is 1.96 bits per heavy atom. The SMILES string of the molecule is CCNC(=NCc1nc(C(F)(F)F)cs1)N(C)CC(=O)N(CC)CC. The number of hydrogen-bond acceptors (Lipinski definition) is 4. The third kappa shape index (κ3) is 6.52. The van der Waals surface area contributed by atoms with Crippen LogP contribution in [0, 0.1) is 0 Å². The number of amides is 1. The molecule has 0 saturated carbocycles. The summed E-state index contributed by atoms with van der Waals surface area (Å²) in [6, 6.07) is 0. The fourth-order valence-electron chi connectivity index (χ4n) is 2.08. The van der Waals surface area contributed by atoms with Crippen LogP contribution >= 0.6 is 11.3 Å². The summed E-state index contributed by atoms with van der Waals surface area (Å²) < 4.78 is 37.7. The van der Waals surface area contributed by atoms with Crippen molar-refractivity contribution in [2.75, 3.05) is 33.2 Å². The molecule has 10 heteroatoms. The smallest absolute Gasteiger partial charge is 0.357 e. The van der Waals surface area contributed by atoms with E-state index in [-0.39, 0.29) is 24.0 Å². The van der Waals surface area contributed by atoms with Crippen molar-refractivity contribution in [2.45, 2.75) is 33.5 Å². The van der Waals surface area contributed by atoms with Crippen LogP contribution in [0.1, 0.15) is 31.5 Å². The van der Waals surface area contributed by atoms with Crippen LogP contribution < -0.4 is 5.32 Å². The lowest BCUT2D eigenvalue weighted by molar-refractivity contribution is -0.140. The minimum Gasteiger partial charge on any atom is -0.357 e. The Morgan fingerprint density at radius 3 is 2.44 bits per heavy atom. The molecule has 1 aromatic rings. The standard InChI is InChI=1S/C15H24F3N5OS/c1-5-19-14(22(4)9-13(24)23(6-2)7-3)20-8-12-21-11(10-25-12)15(16,17)18/h10H,5-9H2,1-4H3,(H,19,20). The maximum absolute atomic E-state index is 12.6. The van der Waals surface area contributed by atoms with Gasteiger partial charge in [0.05, 0.1) is 13.1 Å². The molecule has 1 aromatic heterocycles. The van der Waals surface area contributed by atoms with Crippen LogP contribution in [0.4, 0.5) is 13.2 Å². The van der Waals surface area contributed by atoms with Crippen LogP contribution in [-0.4, -0.2) is 59.9 Å². The van der Waals surface area contributed by atoms with E-state index in [0.29, 0.717) is 25.6 Å². The molecule has 0 spiro atoms. The van der Waals surface area contributed by atoms with Gasteiger partial charge in [0.15, 0.2) is 11.7 Å². The third-order valence-corrected chi connectivity index (χ3v) is 4.22. The van der Waals surface area contributed by atoms with Crippen molar-refractivity contribution in [1.82, 2.24) is 20.1 Å². The van der Waals surface area contributed by atoms with Crippen molar-refractivity contribution < 1.29 is 18.0 Å². The molecule has 0 radical (unpaired) electrons. The molecule has 0 atom stereocenters. The minimum absolute atomic E-state index is 0.0207. The maximum atomic E-state index is 12.6. The molecule has 0 bridgehead atoms. The lowest BCUT2D eigenvalue weighted by Gasteiger charge is -2.25. The normalized spacial score (nSPS) is 12.2. The second kappa shape index (κ2) is 9.59. The van der Waals surface area contributed by atoms with Gasteiger partial charge in [-0.1, -0.05) is 0 Å². The highest BCUT2D eigenvalue weighted by Gasteiger charge is 2.33. The van der Waals surface area contributed by atoms with Crippen LogP contribution in [0.3, 0.4) is 0 Å². The predicted octanol–water partition coefficient (Wildman–Crippen LogP) is 2.43. The fourth-order valence-corrected chi connectivity index (χ4v) is 2.80. The van der Waals surface area contributed by atoms with Gasteiger partial charge in [0.2, 0.25) is 5.91 Å². The molecule has 1 amide bonds. The Labute approximate surface area is 149 Å². The lowest BCUT2D eigenvalue weighted by Crippen LogP contribution is -2.45. The van der Waals surface area contributed by atoms with Crippen LogP contribution in [-0.2, 0) is 17.5 Å². The maximum Gasteiger partial charge on any atom is 0.434 e. The zero-order valence-electron chi connectivity index (χ0n) is 14.9. The van der Waals surface area contributed by atoms with E-state index in [0.717, 1.165) is 16.7 Å². The third-order valence-electron chi connectivity index (χ3n) is 3.39. The molecule has 0 fully saturated rings. The molecule has 0 aliphatic carbocycles. The molecule has 0 saturated heterocycles. The summed E-state index contributed by atoms with van der Waals surface area (Å²) >= 11 is 0.915. The van der Waals surface area contributed by atoms with Gasteiger partial charge in [-0.05, 0) is 20.8 Å². The molecular formula is C15H24F3N5OS. The average molecular weight is 379 g/mol. The summed E-state index contributed by atoms with van der Waals surface area (Å²) in [6.07, 6.45) is -4.45. The molecular weight excluding hydrogens is 355 g/mol. The minimum atomic E-state index is -4.45. The molecule has 1 N–H and O–H groups in total. The molecule has 0 unspecified atom stereocenters. The number of likely N-dealkylation sites (N-methyl/N-ethyl adjacent to an activating group) is 2. The van der Waals surface area contributed by atoms with Gasteiger partial charge in [0, 0.05) is 32.1 Å². The molecule has 0 aromatic carbocycles. The zero-order chi connectivity index (χ0) is 19.0. The number of thiazole rings is 1. The number of aliphatic imine (C=N–C) groups is 1. The molecule has 0 aliphatic rings. The summed E-state index contributed by atoms with van der Waals surface area (Å²) in [6.45, 7) is 7.66. The second-order valence-corrected chi connectivity index (χ2v) is 6.16. The number of carbonyl (C=O) groups excluding carboxylic acids is 1. The number of rotatable bonds is 7. The van der Waals surface area contributed by atoms with Crippen LogP contribution in [0.5, 0.6) is 0 Å². The summed E-state index contributed by atoms with van der Waals surface area (Å²) in [7, 11) is 1.71. The van der Waals surface area contributed by atoms with Gasteiger partial charge >= 0.3 is 6.18 Å². The zero-order valence-corrected chi connectivity index (χ0v) is 15.7. The number of alkyl halides is 3. The number of halogens is 3. The molecule has 0 aliphatic heterocycles. The Bertz CT molecular complexity index is 584. The van der Waals surface area contributed by atoms with Crippen LogP contribution in [0.15, 0.2) is 10.4 Å². The number of nitrogens with one attached hydrogen (secondary N) is 1. The van der Waals surface area contributed by atoms with Crippen molar-refractivity contribution in [1.29, 1.82) is 0 Å². The first-order valence-electron chi connectivity index (χ1n) is 8.01. The largest absolute Gasteiger partial charge is 0.434 e. The van der Waals surface area contributed by atoms with Crippen molar-refractivity contribution in [3.63, 3.8) is 0 Å². The summed E-state index contributed by atoms with van der Waals surface area (Å²) in [5, 5.41) is 4.28. The number of guanidine groups is 1. The summed E-state index contributed by atoms with van der Waals surface area (Å²) in [5.41, 5.74) is -0.905. The van der Waals surface area contributed by atoms with E-state index < -0.39 is 11.9 Å². The average Bonchev–Trinajstić information content (AvgIpc) is 3.01. The highest BCUT2D eigenvalue weighted by molar-refractivity contribution is 7.09.